The molecule has 33 heavy (non-hydrogen) atoms. The number of carbonyl (C=O) groups excluding carboxylic acids is 2. The lowest BCUT2D eigenvalue weighted by Gasteiger charge is -2.25. The Morgan fingerprint density at radius 1 is 1.00 bits per heavy atom. The molecule has 0 aliphatic carbocycles. The van der Waals surface area contributed by atoms with Crippen LogP contribution in [-0.4, -0.2) is 81.4 Å². The molecule has 2 aromatic rings. The van der Waals surface area contributed by atoms with Gasteiger partial charge in [-0.2, -0.15) is 9.29 Å². The van der Waals surface area contributed by atoms with Crippen LogP contribution < -0.4 is 14.8 Å². The molecule has 1 saturated heterocycles. The van der Waals surface area contributed by atoms with Crippen LogP contribution in [0.1, 0.15) is 23.2 Å². The Morgan fingerprint density at radius 2 is 1.76 bits per heavy atom. The fourth-order valence-electron chi connectivity index (χ4n) is 3.52. The zero-order chi connectivity index (χ0) is 23.8. The standard InChI is InChI=1S/C22H28N4O6S/c1-31-20-10-9-18(21(24-20)32-2)22(28)25-13-6-14-26(15-11-19(27)23-12-16-25)33(29,30)17-7-4-3-5-8-17/h3-5,7-10H,6,11-16H2,1-2H3,(H,23,27). The van der Waals surface area contributed by atoms with E-state index in [0.717, 1.165) is 0 Å². The highest BCUT2D eigenvalue weighted by Crippen LogP contribution is 2.22. The van der Waals surface area contributed by atoms with E-state index >= 15 is 0 Å². The van der Waals surface area contributed by atoms with Gasteiger partial charge in [-0.3, -0.25) is 9.59 Å². The van der Waals surface area contributed by atoms with Gasteiger partial charge in [-0.05, 0) is 24.6 Å². The average molecular weight is 477 g/mol. The topological polar surface area (TPSA) is 118 Å². The van der Waals surface area contributed by atoms with Crippen molar-refractivity contribution in [3.8, 4) is 11.8 Å². The van der Waals surface area contributed by atoms with Crippen molar-refractivity contribution in [2.24, 2.45) is 0 Å². The van der Waals surface area contributed by atoms with E-state index in [-0.39, 0.29) is 60.8 Å². The van der Waals surface area contributed by atoms with E-state index in [0.29, 0.717) is 18.8 Å². The van der Waals surface area contributed by atoms with E-state index in [1.807, 2.05) is 0 Å². The number of carbonyl (C=O) groups is 2. The van der Waals surface area contributed by atoms with Crippen molar-refractivity contribution in [2.75, 3.05) is 46.9 Å². The Hall–Kier alpha value is -3.18. The van der Waals surface area contributed by atoms with Gasteiger partial charge < -0.3 is 19.7 Å². The van der Waals surface area contributed by atoms with Gasteiger partial charge in [0, 0.05) is 45.2 Å². The number of hydrogen-bond donors (Lipinski definition) is 1. The smallest absolute Gasteiger partial charge is 0.259 e. The summed E-state index contributed by atoms with van der Waals surface area (Å²) >= 11 is 0. The molecule has 0 spiro atoms. The van der Waals surface area contributed by atoms with Crippen molar-refractivity contribution in [3.05, 3.63) is 48.0 Å². The van der Waals surface area contributed by atoms with Crippen molar-refractivity contribution in [3.63, 3.8) is 0 Å². The first-order valence-corrected chi connectivity index (χ1v) is 12.0. The van der Waals surface area contributed by atoms with E-state index in [9.17, 15) is 18.0 Å². The second-order valence-electron chi connectivity index (χ2n) is 7.37. The van der Waals surface area contributed by atoms with Crippen LogP contribution in [0.4, 0.5) is 0 Å². The summed E-state index contributed by atoms with van der Waals surface area (Å²) < 4.78 is 37.8. The number of amides is 2. The first kappa shape index (κ1) is 24.5. The molecule has 0 atom stereocenters. The minimum atomic E-state index is -3.77. The summed E-state index contributed by atoms with van der Waals surface area (Å²) in [6, 6.07) is 11.2. The number of nitrogens with zero attached hydrogens (tertiary/aromatic N) is 3. The molecule has 0 saturated carbocycles. The third-order valence-corrected chi connectivity index (χ3v) is 7.18. The quantitative estimate of drug-likeness (QED) is 0.688. The number of methoxy groups -OCH3 is 2. The number of rotatable bonds is 5. The summed E-state index contributed by atoms with van der Waals surface area (Å²) in [6.07, 6.45) is 0.439. The van der Waals surface area contributed by atoms with Crippen LogP contribution in [-0.2, 0) is 14.8 Å². The molecule has 178 valence electrons. The van der Waals surface area contributed by atoms with Crippen molar-refractivity contribution < 1.29 is 27.5 Å². The highest BCUT2D eigenvalue weighted by molar-refractivity contribution is 7.89. The van der Waals surface area contributed by atoms with E-state index < -0.39 is 10.0 Å². The maximum absolute atomic E-state index is 13.2. The van der Waals surface area contributed by atoms with E-state index in [1.165, 1.54) is 30.7 Å². The Kier molecular flexibility index (Phi) is 8.23. The number of nitrogens with one attached hydrogen (secondary N) is 1. The molecular formula is C22H28N4O6S. The third-order valence-electron chi connectivity index (χ3n) is 5.26. The van der Waals surface area contributed by atoms with Gasteiger partial charge in [0.2, 0.25) is 27.7 Å². The molecular weight excluding hydrogens is 448 g/mol. The van der Waals surface area contributed by atoms with Gasteiger partial charge in [0.05, 0.1) is 19.1 Å². The van der Waals surface area contributed by atoms with Crippen molar-refractivity contribution in [1.29, 1.82) is 0 Å². The van der Waals surface area contributed by atoms with Gasteiger partial charge in [0.1, 0.15) is 5.56 Å². The Bertz CT molecular complexity index is 1080. The van der Waals surface area contributed by atoms with Crippen LogP contribution in [0.3, 0.4) is 0 Å². The van der Waals surface area contributed by atoms with Gasteiger partial charge in [0.15, 0.2) is 0 Å². The van der Waals surface area contributed by atoms with Gasteiger partial charge in [-0.25, -0.2) is 8.42 Å². The Morgan fingerprint density at radius 3 is 2.45 bits per heavy atom. The summed E-state index contributed by atoms with van der Waals surface area (Å²) in [5, 5.41) is 2.75. The maximum atomic E-state index is 13.2. The van der Waals surface area contributed by atoms with E-state index in [2.05, 4.69) is 10.3 Å². The predicted octanol–water partition coefficient (Wildman–Crippen LogP) is 1.14. The molecule has 3 rings (SSSR count). The minimum Gasteiger partial charge on any atom is -0.481 e. The summed E-state index contributed by atoms with van der Waals surface area (Å²) in [7, 11) is -0.885. The first-order valence-electron chi connectivity index (χ1n) is 10.6. The molecule has 1 aromatic heterocycles. The Balaban J connectivity index is 1.81. The number of aromatic nitrogens is 1. The Labute approximate surface area is 193 Å². The number of hydrogen-bond acceptors (Lipinski definition) is 7. The van der Waals surface area contributed by atoms with Gasteiger partial charge in [-0.1, -0.05) is 18.2 Å². The monoisotopic (exact) mass is 476 g/mol. The van der Waals surface area contributed by atoms with Crippen LogP contribution in [0.2, 0.25) is 0 Å². The zero-order valence-electron chi connectivity index (χ0n) is 18.7. The molecule has 1 fully saturated rings. The van der Waals surface area contributed by atoms with Crippen LogP contribution >= 0.6 is 0 Å². The van der Waals surface area contributed by atoms with Gasteiger partial charge in [-0.15, -0.1) is 0 Å². The van der Waals surface area contributed by atoms with E-state index in [4.69, 9.17) is 9.47 Å². The molecule has 1 aliphatic rings. The minimum absolute atomic E-state index is 0.0379. The van der Waals surface area contributed by atoms with Crippen LogP contribution in [0.5, 0.6) is 11.8 Å². The molecule has 1 aromatic carbocycles. The first-order chi connectivity index (χ1) is 15.9. The lowest BCUT2D eigenvalue weighted by molar-refractivity contribution is -0.121. The molecule has 0 radical (unpaired) electrons. The molecule has 11 heteroatoms. The van der Waals surface area contributed by atoms with Crippen LogP contribution in [0.25, 0.3) is 0 Å². The predicted molar refractivity (Wildman–Crippen MR) is 121 cm³/mol. The summed E-state index contributed by atoms with van der Waals surface area (Å²) in [4.78, 5) is 31.4. The van der Waals surface area contributed by atoms with Crippen LogP contribution in [0.15, 0.2) is 47.4 Å². The van der Waals surface area contributed by atoms with E-state index in [1.54, 1.807) is 35.2 Å². The lowest BCUT2D eigenvalue weighted by Crippen LogP contribution is -2.39. The third kappa shape index (κ3) is 5.99. The fraction of sp³-hybridized carbons (Fsp3) is 0.409. The van der Waals surface area contributed by atoms with Gasteiger partial charge >= 0.3 is 0 Å². The molecule has 2 amide bonds. The lowest BCUT2D eigenvalue weighted by atomic mass is 10.2. The highest BCUT2D eigenvalue weighted by atomic mass is 32.2. The molecule has 10 nitrogen and oxygen atoms in total. The number of pyridine rings is 1. The number of benzene rings is 1. The summed E-state index contributed by atoms with van der Waals surface area (Å²) in [5.41, 5.74) is 0.258. The molecule has 0 bridgehead atoms. The molecule has 1 aliphatic heterocycles. The van der Waals surface area contributed by atoms with Crippen molar-refractivity contribution in [1.82, 2.24) is 19.5 Å². The normalized spacial score (nSPS) is 16.4. The summed E-state index contributed by atoms with van der Waals surface area (Å²) in [6.45, 7) is 1.05. The highest BCUT2D eigenvalue weighted by Gasteiger charge is 2.27. The molecule has 2 heterocycles. The van der Waals surface area contributed by atoms with Crippen molar-refractivity contribution >= 4 is 21.8 Å². The second-order valence-corrected chi connectivity index (χ2v) is 9.31. The maximum Gasteiger partial charge on any atom is 0.259 e. The number of ether oxygens (including phenoxy) is 2. The molecule has 0 unspecified atom stereocenters. The van der Waals surface area contributed by atoms with Crippen molar-refractivity contribution in [2.45, 2.75) is 17.7 Å². The fourth-order valence-corrected chi connectivity index (χ4v) is 5.02. The molecule has 1 N–H and O–H groups in total. The largest absolute Gasteiger partial charge is 0.481 e. The zero-order valence-corrected chi connectivity index (χ0v) is 19.5. The summed E-state index contributed by atoms with van der Waals surface area (Å²) in [5.74, 6) is -0.157. The van der Waals surface area contributed by atoms with Gasteiger partial charge in [0.25, 0.3) is 5.91 Å². The average Bonchev–Trinajstić information content (AvgIpc) is 2.88. The van der Waals surface area contributed by atoms with Crippen LogP contribution in [0, 0.1) is 0 Å². The SMILES string of the molecule is COc1ccc(C(=O)N2CCCN(S(=O)(=O)c3ccccc3)CCC(=O)NCC2)c(OC)n1. The number of sulfonamides is 1. The second kappa shape index (κ2) is 11.1.